The fourth-order valence-corrected chi connectivity index (χ4v) is 1.89. The lowest BCUT2D eigenvalue weighted by Gasteiger charge is -2.27. The zero-order valence-corrected chi connectivity index (χ0v) is 10.7. The van der Waals surface area contributed by atoms with E-state index in [9.17, 15) is 5.11 Å². The van der Waals surface area contributed by atoms with Gasteiger partial charge >= 0.3 is 0 Å². The summed E-state index contributed by atoms with van der Waals surface area (Å²) < 4.78 is 5.05. The van der Waals surface area contributed by atoms with Gasteiger partial charge in [0, 0.05) is 17.6 Å². The molecule has 0 aromatic carbocycles. The van der Waals surface area contributed by atoms with Crippen LogP contribution in [0.1, 0.15) is 45.7 Å². The predicted molar refractivity (Wildman–Crippen MR) is 65.2 cm³/mol. The Morgan fingerprint density at radius 1 is 1.44 bits per heavy atom. The first kappa shape index (κ1) is 13.3. The van der Waals surface area contributed by atoms with Crippen molar-refractivity contribution in [1.82, 2.24) is 5.32 Å². The highest BCUT2D eigenvalue weighted by atomic mass is 16.3. The molecule has 0 bridgehead atoms. The van der Waals surface area contributed by atoms with Crippen LogP contribution in [-0.2, 0) is 0 Å². The van der Waals surface area contributed by atoms with Gasteiger partial charge < -0.3 is 14.8 Å². The summed E-state index contributed by atoms with van der Waals surface area (Å²) >= 11 is 0. The molecule has 0 saturated heterocycles. The standard InChI is InChI=1S/C13H23NO2/c1-10(11-5-6-16-9-11)14-12(8-15)7-13(2,3)4/h5-6,9-10,12,14-15H,7-8H2,1-4H3. The van der Waals surface area contributed by atoms with E-state index in [0.717, 1.165) is 12.0 Å². The summed E-state index contributed by atoms with van der Waals surface area (Å²) in [6, 6.07) is 2.28. The van der Waals surface area contributed by atoms with E-state index in [4.69, 9.17) is 4.42 Å². The van der Waals surface area contributed by atoms with E-state index in [1.807, 2.05) is 6.07 Å². The molecule has 3 nitrogen and oxygen atoms in total. The van der Waals surface area contributed by atoms with Crippen LogP contribution >= 0.6 is 0 Å². The number of hydrogen-bond acceptors (Lipinski definition) is 3. The van der Waals surface area contributed by atoms with Crippen LogP contribution in [0.25, 0.3) is 0 Å². The van der Waals surface area contributed by atoms with E-state index in [-0.39, 0.29) is 24.1 Å². The number of rotatable bonds is 5. The maximum absolute atomic E-state index is 9.35. The second kappa shape index (κ2) is 5.51. The van der Waals surface area contributed by atoms with Crippen molar-refractivity contribution in [3.63, 3.8) is 0 Å². The zero-order chi connectivity index (χ0) is 12.2. The first-order valence-electron chi connectivity index (χ1n) is 5.81. The van der Waals surface area contributed by atoms with Gasteiger partial charge in [0.05, 0.1) is 19.1 Å². The summed E-state index contributed by atoms with van der Waals surface area (Å²) in [5, 5.41) is 12.8. The maximum Gasteiger partial charge on any atom is 0.0950 e. The number of aliphatic hydroxyl groups is 1. The van der Waals surface area contributed by atoms with Crippen LogP contribution in [0.3, 0.4) is 0 Å². The van der Waals surface area contributed by atoms with Gasteiger partial charge in [-0.3, -0.25) is 0 Å². The van der Waals surface area contributed by atoms with Gasteiger partial charge in [-0.05, 0) is 24.8 Å². The van der Waals surface area contributed by atoms with Crippen LogP contribution in [0.2, 0.25) is 0 Å². The molecule has 1 aromatic rings. The fourth-order valence-electron chi connectivity index (χ4n) is 1.89. The molecule has 0 amide bonds. The highest BCUT2D eigenvalue weighted by molar-refractivity contribution is 5.10. The minimum atomic E-state index is 0.130. The van der Waals surface area contributed by atoms with Crippen LogP contribution in [0.5, 0.6) is 0 Å². The third-order valence-electron chi connectivity index (χ3n) is 2.61. The van der Waals surface area contributed by atoms with Crippen LogP contribution in [-0.4, -0.2) is 17.8 Å². The van der Waals surface area contributed by atoms with Crippen molar-refractivity contribution in [3.8, 4) is 0 Å². The van der Waals surface area contributed by atoms with E-state index in [1.165, 1.54) is 0 Å². The van der Waals surface area contributed by atoms with Crippen molar-refractivity contribution in [2.45, 2.75) is 46.2 Å². The smallest absolute Gasteiger partial charge is 0.0950 e. The van der Waals surface area contributed by atoms with Gasteiger partial charge in [0.2, 0.25) is 0 Å². The van der Waals surface area contributed by atoms with Gasteiger partial charge in [-0.2, -0.15) is 0 Å². The molecule has 92 valence electrons. The van der Waals surface area contributed by atoms with E-state index >= 15 is 0 Å². The molecule has 16 heavy (non-hydrogen) atoms. The van der Waals surface area contributed by atoms with Gasteiger partial charge in [-0.25, -0.2) is 0 Å². The van der Waals surface area contributed by atoms with Crippen molar-refractivity contribution in [3.05, 3.63) is 24.2 Å². The molecular weight excluding hydrogens is 202 g/mol. The van der Waals surface area contributed by atoms with E-state index in [1.54, 1.807) is 12.5 Å². The predicted octanol–water partition coefficient (Wildman–Crippen LogP) is 2.73. The van der Waals surface area contributed by atoms with Crippen molar-refractivity contribution in [1.29, 1.82) is 0 Å². The minimum absolute atomic E-state index is 0.130. The van der Waals surface area contributed by atoms with Gasteiger partial charge in [0.15, 0.2) is 0 Å². The Balaban J connectivity index is 2.50. The van der Waals surface area contributed by atoms with Crippen molar-refractivity contribution in [2.24, 2.45) is 5.41 Å². The van der Waals surface area contributed by atoms with Crippen molar-refractivity contribution >= 4 is 0 Å². The molecule has 2 N–H and O–H groups in total. The third kappa shape index (κ3) is 4.37. The Labute approximate surface area is 97.9 Å². The summed E-state index contributed by atoms with van der Waals surface area (Å²) in [7, 11) is 0. The van der Waals surface area contributed by atoms with E-state index < -0.39 is 0 Å². The average molecular weight is 225 g/mol. The first-order chi connectivity index (χ1) is 7.42. The highest BCUT2D eigenvalue weighted by Gasteiger charge is 2.20. The van der Waals surface area contributed by atoms with E-state index in [2.05, 4.69) is 33.0 Å². The van der Waals surface area contributed by atoms with Crippen molar-refractivity contribution < 1.29 is 9.52 Å². The number of aliphatic hydroxyl groups excluding tert-OH is 1. The highest BCUT2D eigenvalue weighted by Crippen LogP contribution is 2.22. The number of furan rings is 1. The van der Waals surface area contributed by atoms with Crippen LogP contribution in [0.4, 0.5) is 0 Å². The monoisotopic (exact) mass is 225 g/mol. The molecule has 1 heterocycles. The Kier molecular flexibility index (Phi) is 4.56. The summed E-state index contributed by atoms with van der Waals surface area (Å²) in [5.74, 6) is 0. The molecule has 0 aliphatic carbocycles. The second-order valence-electron chi connectivity index (χ2n) is 5.59. The molecule has 0 spiro atoms. The SMILES string of the molecule is CC(NC(CO)CC(C)(C)C)c1ccoc1. The Morgan fingerprint density at radius 2 is 2.12 bits per heavy atom. The lowest BCUT2D eigenvalue weighted by Crippen LogP contribution is -2.37. The Hall–Kier alpha value is -0.800. The molecule has 1 rings (SSSR count). The Bertz CT molecular complexity index is 287. The fraction of sp³-hybridized carbons (Fsp3) is 0.692. The summed E-state index contributed by atoms with van der Waals surface area (Å²) in [6.07, 6.45) is 4.36. The summed E-state index contributed by atoms with van der Waals surface area (Å²) in [4.78, 5) is 0. The zero-order valence-electron chi connectivity index (χ0n) is 10.7. The number of hydrogen-bond donors (Lipinski definition) is 2. The van der Waals surface area contributed by atoms with Gasteiger partial charge in [0.1, 0.15) is 0 Å². The van der Waals surface area contributed by atoms with Crippen LogP contribution < -0.4 is 5.32 Å². The molecule has 1 aromatic heterocycles. The van der Waals surface area contributed by atoms with Gasteiger partial charge in [0.25, 0.3) is 0 Å². The lowest BCUT2D eigenvalue weighted by molar-refractivity contribution is 0.190. The topological polar surface area (TPSA) is 45.4 Å². The molecule has 0 aliphatic heterocycles. The maximum atomic E-state index is 9.35. The molecule has 0 fully saturated rings. The quantitative estimate of drug-likeness (QED) is 0.810. The minimum Gasteiger partial charge on any atom is -0.472 e. The molecule has 0 aliphatic rings. The van der Waals surface area contributed by atoms with Gasteiger partial charge in [-0.15, -0.1) is 0 Å². The van der Waals surface area contributed by atoms with Gasteiger partial charge in [-0.1, -0.05) is 20.8 Å². The molecule has 2 atom stereocenters. The first-order valence-corrected chi connectivity index (χ1v) is 5.81. The molecule has 0 radical (unpaired) electrons. The molecule has 0 saturated carbocycles. The summed E-state index contributed by atoms with van der Waals surface area (Å²) in [6.45, 7) is 8.79. The normalized spacial score (nSPS) is 16.1. The third-order valence-corrected chi connectivity index (χ3v) is 2.61. The lowest BCUT2D eigenvalue weighted by atomic mass is 9.88. The van der Waals surface area contributed by atoms with Crippen molar-refractivity contribution in [2.75, 3.05) is 6.61 Å². The molecule has 3 heteroatoms. The number of nitrogens with one attached hydrogen (secondary N) is 1. The van der Waals surface area contributed by atoms with E-state index in [0.29, 0.717) is 0 Å². The summed E-state index contributed by atoms with van der Waals surface area (Å²) in [5.41, 5.74) is 1.34. The molecular formula is C13H23NO2. The van der Waals surface area contributed by atoms with Crippen LogP contribution in [0, 0.1) is 5.41 Å². The largest absolute Gasteiger partial charge is 0.472 e. The van der Waals surface area contributed by atoms with Crippen LogP contribution in [0.15, 0.2) is 23.0 Å². The second-order valence-corrected chi connectivity index (χ2v) is 5.59. The molecule has 2 unspecified atom stereocenters. The Morgan fingerprint density at radius 3 is 2.56 bits per heavy atom. The average Bonchev–Trinajstić information content (AvgIpc) is 2.67.